The number of hydrogen-bond donors (Lipinski definition) is 2. The molecule has 0 bridgehead atoms. The Bertz CT molecular complexity index is 462. The van der Waals surface area contributed by atoms with E-state index in [1.807, 2.05) is 0 Å². The van der Waals surface area contributed by atoms with Crippen molar-refractivity contribution in [1.29, 1.82) is 0 Å². The second-order valence-corrected chi connectivity index (χ2v) is 7.85. The van der Waals surface area contributed by atoms with Crippen LogP contribution in [0.25, 0.3) is 0 Å². The molecule has 142 valence electrons. The Labute approximate surface area is 152 Å². The number of carbonyl (C=O) groups excluding carboxylic acids is 2. The largest absolute Gasteiger partial charge is 0.375 e. The highest BCUT2D eigenvalue weighted by Crippen LogP contribution is 2.29. The van der Waals surface area contributed by atoms with E-state index in [4.69, 9.17) is 4.74 Å². The number of ketones is 1. The number of Topliss-reactive ketones (excluding diaryl/α,β-unsaturated/α-hetero) is 1. The van der Waals surface area contributed by atoms with E-state index in [2.05, 4.69) is 24.1 Å². The molecule has 0 saturated heterocycles. The fraction of sp³-hybridized carbons (Fsp3) is 0.800. The maximum Gasteiger partial charge on any atom is 0.315 e. The average molecular weight is 351 g/mol. The van der Waals surface area contributed by atoms with Crippen LogP contribution in [-0.4, -0.2) is 36.6 Å². The van der Waals surface area contributed by atoms with Gasteiger partial charge in [-0.2, -0.15) is 0 Å². The molecule has 0 aromatic rings. The third kappa shape index (κ3) is 7.18. The van der Waals surface area contributed by atoms with Crippen LogP contribution in [0, 0.1) is 5.92 Å². The molecule has 2 rings (SSSR count). The minimum absolute atomic E-state index is 0.00457. The number of allylic oxidation sites excluding steroid dienone is 1. The molecular weight excluding hydrogens is 316 g/mol. The van der Waals surface area contributed by atoms with Gasteiger partial charge in [-0.3, -0.25) is 4.79 Å². The monoisotopic (exact) mass is 350 g/mol. The molecule has 0 spiro atoms. The molecule has 2 amide bonds. The molecule has 0 atom stereocenters. The Hall–Kier alpha value is -1.36. The minimum atomic E-state index is -0.180. The van der Waals surface area contributed by atoms with Crippen molar-refractivity contribution in [3.05, 3.63) is 12.2 Å². The zero-order chi connectivity index (χ0) is 18.2. The third-order valence-electron chi connectivity index (χ3n) is 5.47. The van der Waals surface area contributed by atoms with Gasteiger partial charge in [-0.25, -0.2) is 4.79 Å². The lowest BCUT2D eigenvalue weighted by Gasteiger charge is -2.34. The van der Waals surface area contributed by atoms with E-state index in [0.29, 0.717) is 30.7 Å². The SMILES string of the molecule is C=C(C)C(=O)CCNC(=O)NC1CCC(OC2CCC(C)CC2)CC1. The van der Waals surface area contributed by atoms with E-state index < -0.39 is 0 Å². The number of ether oxygens (including phenoxy) is 1. The van der Waals surface area contributed by atoms with Crippen molar-refractivity contribution >= 4 is 11.8 Å². The molecule has 0 aliphatic heterocycles. The van der Waals surface area contributed by atoms with Crippen molar-refractivity contribution in [2.24, 2.45) is 5.92 Å². The van der Waals surface area contributed by atoms with Crippen molar-refractivity contribution in [3.8, 4) is 0 Å². The van der Waals surface area contributed by atoms with Crippen molar-refractivity contribution < 1.29 is 14.3 Å². The molecule has 0 unspecified atom stereocenters. The van der Waals surface area contributed by atoms with Crippen LogP contribution in [0.15, 0.2) is 12.2 Å². The first-order valence-electron chi connectivity index (χ1n) is 9.82. The van der Waals surface area contributed by atoms with E-state index >= 15 is 0 Å². The molecule has 2 N–H and O–H groups in total. The van der Waals surface area contributed by atoms with Crippen LogP contribution < -0.4 is 10.6 Å². The van der Waals surface area contributed by atoms with Gasteiger partial charge in [-0.1, -0.05) is 13.5 Å². The van der Waals surface area contributed by atoms with Gasteiger partial charge in [-0.15, -0.1) is 0 Å². The van der Waals surface area contributed by atoms with Crippen LogP contribution in [0.4, 0.5) is 4.79 Å². The maximum atomic E-state index is 11.9. The molecule has 2 aliphatic carbocycles. The Kier molecular flexibility index (Phi) is 7.94. The summed E-state index contributed by atoms with van der Waals surface area (Å²) in [5.74, 6) is 0.846. The maximum absolute atomic E-state index is 11.9. The number of hydrogen-bond acceptors (Lipinski definition) is 3. The molecule has 2 aliphatic rings. The molecule has 5 nitrogen and oxygen atoms in total. The summed E-state index contributed by atoms with van der Waals surface area (Å²) in [6.45, 7) is 7.98. The highest BCUT2D eigenvalue weighted by atomic mass is 16.5. The number of amides is 2. The summed E-state index contributed by atoms with van der Waals surface area (Å²) in [6.07, 6.45) is 10.0. The fourth-order valence-electron chi connectivity index (χ4n) is 3.72. The highest BCUT2D eigenvalue weighted by Gasteiger charge is 2.27. The fourth-order valence-corrected chi connectivity index (χ4v) is 3.72. The van der Waals surface area contributed by atoms with Gasteiger partial charge >= 0.3 is 6.03 Å². The minimum Gasteiger partial charge on any atom is -0.375 e. The predicted molar refractivity (Wildman–Crippen MR) is 99.5 cm³/mol. The van der Waals surface area contributed by atoms with E-state index in [0.717, 1.165) is 31.6 Å². The van der Waals surface area contributed by atoms with E-state index in [1.54, 1.807) is 6.92 Å². The summed E-state index contributed by atoms with van der Waals surface area (Å²) in [5, 5.41) is 5.77. The molecule has 0 heterocycles. The smallest absolute Gasteiger partial charge is 0.315 e. The molecule has 25 heavy (non-hydrogen) atoms. The average Bonchev–Trinajstić information content (AvgIpc) is 2.58. The standard InChI is InChI=1S/C20H34N2O3/c1-14(2)19(23)12-13-21-20(24)22-16-6-10-18(11-7-16)25-17-8-4-15(3)5-9-17/h15-18H,1,4-13H2,2-3H3,(H2,21,22,24). The second-order valence-electron chi connectivity index (χ2n) is 7.85. The molecule has 0 aromatic heterocycles. The molecule has 2 saturated carbocycles. The van der Waals surface area contributed by atoms with Gasteiger partial charge in [0.05, 0.1) is 12.2 Å². The van der Waals surface area contributed by atoms with Gasteiger partial charge in [0.15, 0.2) is 5.78 Å². The van der Waals surface area contributed by atoms with Crippen molar-refractivity contribution in [3.63, 3.8) is 0 Å². The lowest BCUT2D eigenvalue weighted by Crippen LogP contribution is -2.45. The number of nitrogens with one attached hydrogen (secondary N) is 2. The van der Waals surface area contributed by atoms with Crippen LogP contribution in [-0.2, 0) is 9.53 Å². The number of urea groups is 1. The summed E-state index contributed by atoms with van der Waals surface area (Å²) < 4.78 is 6.27. The van der Waals surface area contributed by atoms with Crippen LogP contribution in [0.5, 0.6) is 0 Å². The van der Waals surface area contributed by atoms with Crippen LogP contribution in [0.1, 0.15) is 71.6 Å². The third-order valence-corrected chi connectivity index (χ3v) is 5.47. The highest BCUT2D eigenvalue weighted by molar-refractivity contribution is 5.94. The van der Waals surface area contributed by atoms with Gasteiger partial charge in [0.25, 0.3) is 0 Å². The Balaban J connectivity index is 1.57. The van der Waals surface area contributed by atoms with E-state index in [9.17, 15) is 9.59 Å². The Morgan fingerprint density at radius 1 is 1.00 bits per heavy atom. The number of rotatable bonds is 7. The first kappa shape index (κ1) is 20.0. The first-order valence-corrected chi connectivity index (χ1v) is 9.82. The van der Waals surface area contributed by atoms with Gasteiger partial charge in [-0.05, 0) is 69.8 Å². The number of carbonyl (C=O) groups is 2. The summed E-state index contributed by atoms with van der Waals surface area (Å²) in [7, 11) is 0. The Morgan fingerprint density at radius 3 is 2.12 bits per heavy atom. The van der Waals surface area contributed by atoms with Gasteiger partial charge in [0, 0.05) is 19.0 Å². The van der Waals surface area contributed by atoms with E-state index in [-0.39, 0.29) is 17.9 Å². The van der Waals surface area contributed by atoms with Gasteiger partial charge in [0.2, 0.25) is 0 Å². The molecule has 0 radical (unpaired) electrons. The summed E-state index contributed by atoms with van der Waals surface area (Å²) in [5.41, 5.74) is 0.535. The molecular formula is C20H34N2O3. The normalized spacial score (nSPS) is 29.7. The van der Waals surface area contributed by atoms with Crippen molar-refractivity contribution in [2.75, 3.05) is 6.54 Å². The molecule has 2 fully saturated rings. The topological polar surface area (TPSA) is 67.4 Å². The summed E-state index contributed by atoms with van der Waals surface area (Å²) in [6, 6.07) is 0.0308. The summed E-state index contributed by atoms with van der Waals surface area (Å²) in [4.78, 5) is 23.4. The lowest BCUT2D eigenvalue weighted by molar-refractivity contribution is -0.115. The molecule has 5 heteroatoms. The van der Waals surface area contributed by atoms with Crippen LogP contribution in [0.3, 0.4) is 0 Å². The zero-order valence-corrected chi connectivity index (χ0v) is 15.8. The Morgan fingerprint density at radius 2 is 1.56 bits per heavy atom. The van der Waals surface area contributed by atoms with Crippen molar-refractivity contribution in [2.45, 2.75) is 89.9 Å². The van der Waals surface area contributed by atoms with Gasteiger partial charge < -0.3 is 15.4 Å². The zero-order valence-electron chi connectivity index (χ0n) is 15.8. The van der Waals surface area contributed by atoms with E-state index in [1.165, 1.54) is 25.7 Å². The van der Waals surface area contributed by atoms with Gasteiger partial charge in [0.1, 0.15) is 0 Å². The predicted octanol–water partition coefficient (Wildman–Crippen LogP) is 3.73. The lowest BCUT2D eigenvalue weighted by atomic mass is 9.88. The second kappa shape index (κ2) is 9.95. The summed E-state index contributed by atoms with van der Waals surface area (Å²) >= 11 is 0. The van der Waals surface area contributed by atoms with Crippen LogP contribution >= 0.6 is 0 Å². The first-order chi connectivity index (χ1) is 11.9. The van der Waals surface area contributed by atoms with Crippen LogP contribution in [0.2, 0.25) is 0 Å². The quantitative estimate of drug-likeness (QED) is 0.688. The van der Waals surface area contributed by atoms with Crippen molar-refractivity contribution in [1.82, 2.24) is 10.6 Å². The molecule has 0 aromatic carbocycles.